The molecular formula is C46H63N3O7. The third-order valence-electron chi connectivity index (χ3n) is 11.0. The van der Waals surface area contributed by atoms with Crippen LogP contribution in [-0.4, -0.2) is 59.7 Å². The van der Waals surface area contributed by atoms with E-state index >= 15 is 0 Å². The number of rotatable bonds is 16. The van der Waals surface area contributed by atoms with Gasteiger partial charge < -0.3 is 30.5 Å². The van der Waals surface area contributed by atoms with E-state index < -0.39 is 18.0 Å². The molecule has 1 saturated heterocycles. The van der Waals surface area contributed by atoms with Gasteiger partial charge in [0.15, 0.2) is 0 Å². The number of nitrogens with one attached hydrogen (secondary N) is 2. The predicted octanol–water partition coefficient (Wildman–Crippen LogP) is 8.48. The summed E-state index contributed by atoms with van der Waals surface area (Å²) >= 11 is 0. The van der Waals surface area contributed by atoms with Gasteiger partial charge in [-0.1, -0.05) is 82.3 Å². The second-order valence-electron chi connectivity index (χ2n) is 16.0. The molecule has 56 heavy (non-hydrogen) atoms. The van der Waals surface area contributed by atoms with Crippen molar-refractivity contribution in [3.05, 3.63) is 95.1 Å². The Bertz CT molecular complexity index is 1710. The van der Waals surface area contributed by atoms with Crippen molar-refractivity contribution in [1.29, 1.82) is 0 Å². The number of carbonyl (C=O) groups excluding carboxylic acids is 2. The number of amides is 2. The molecule has 304 valence electrons. The van der Waals surface area contributed by atoms with Crippen LogP contribution >= 0.6 is 0 Å². The zero-order valence-corrected chi connectivity index (χ0v) is 34.0. The van der Waals surface area contributed by atoms with Crippen molar-refractivity contribution in [3.8, 4) is 5.75 Å². The first kappa shape index (κ1) is 43.9. The summed E-state index contributed by atoms with van der Waals surface area (Å²) in [6.45, 7) is 13.1. The molecule has 0 unspecified atom stereocenters. The van der Waals surface area contributed by atoms with Gasteiger partial charge in [-0.25, -0.2) is 9.59 Å². The van der Waals surface area contributed by atoms with E-state index in [2.05, 4.69) is 61.4 Å². The third-order valence-corrected chi connectivity index (χ3v) is 11.0. The van der Waals surface area contributed by atoms with Gasteiger partial charge in [-0.15, -0.1) is 0 Å². The summed E-state index contributed by atoms with van der Waals surface area (Å²) in [6.07, 6.45) is 8.86. The van der Waals surface area contributed by atoms with Gasteiger partial charge in [-0.05, 0) is 111 Å². The van der Waals surface area contributed by atoms with Crippen molar-refractivity contribution in [2.75, 3.05) is 24.6 Å². The molecule has 3 aromatic rings. The fraction of sp³-hybridized carbons (Fsp3) is 0.522. The minimum absolute atomic E-state index is 0.0392. The third kappa shape index (κ3) is 13.4. The molecule has 0 aromatic heterocycles. The number of aliphatic carboxylic acids is 1. The van der Waals surface area contributed by atoms with Crippen LogP contribution in [0.1, 0.15) is 119 Å². The number of nitrogens with zero attached hydrogens (tertiary/aromatic N) is 1. The smallest absolute Gasteiger partial charge is 0.339 e. The monoisotopic (exact) mass is 769 g/mol. The summed E-state index contributed by atoms with van der Waals surface area (Å²) in [5.74, 6) is -0.173. The lowest BCUT2D eigenvalue weighted by Gasteiger charge is -2.33. The van der Waals surface area contributed by atoms with Crippen LogP contribution in [0.25, 0.3) is 0 Å². The van der Waals surface area contributed by atoms with Crippen molar-refractivity contribution < 1.29 is 34.1 Å². The highest BCUT2D eigenvalue weighted by Crippen LogP contribution is 2.34. The maximum atomic E-state index is 13.1. The lowest BCUT2D eigenvalue weighted by atomic mass is 9.76. The Kier molecular flexibility index (Phi) is 17.3. The molecule has 0 radical (unpaired) electrons. The molecule has 10 nitrogen and oxygen atoms in total. The van der Waals surface area contributed by atoms with Crippen molar-refractivity contribution in [2.24, 2.45) is 23.7 Å². The number of carboxylic acid groups (broad SMARTS) is 2. The van der Waals surface area contributed by atoms with Crippen LogP contribution in [0.2, 0.25) is 0 Å². The van der Waals surface area contributed by atoms with Crippen LogP contribution in [0.3, 0.4) is 0 Å². The number of hydrogen-bond acceptors (Lipinski definition) is 6. The summed E-state index contributed by atoms with van der Waals surface area (Å²) in [5, 5.41) is 24.7. The Labute approximate surface area is 333 Å². The van der Waals surface area contributed by atoms with E-state index in [1.807, 2.05) is 36.4 Å². The van der Waals surface area contributed by atoms with E-state index in [0.717, 1.165) is 61.9 Å². The first-order chi connectivity index (χ1) is 26.9. The standard InChI is InChI=1S/C27H36N2O4.C19H27NO3/c1-4-33-25-17-20(12-13-22(25)27(31)32)18-26(30)28-23(16-19(2)3)21-10-6-7-11-24(21)29-14-8-5-9-15-29;1-13(2)15-8-10-16(11-9-15)18(21)20-17(19(22)23)12-14-6-4-3-5-7-14/h6-7,10-13,17,19,23H,4-5,8-9,14-16,18H2,1-3H3,(H,28,30)(H,31,32);3-7,13,15-17H,8-12H2,1-2H3,(H,20,21)(H,22,23)/t23-;15?,16?,17-/m01/s1. The highest BCUT2D eigenvalue weighted by molar-refractivity contribution is 5.91. The SMILES string of the molecule is CC(C)C1CCC(C(=O)N[C@H](Cc2ccccc2)C(=O)O)CC1.CCOc1cc(CC(=O)N[C@@H](CC(C)C)c2ccccc2N2CCCCC2)ccc1C(=O)O. The lowest BCUT2D eigenvalue weighted by molar-refractivity contribution is -0.142. The first-order valence-electron chi connectivity index (χ1n) is 20.6. The second-order valence-corrected chi connectivity index (χ2v) is 16.0. The Morgan fingerprint density at radius 2 is 1.46 bits per heavy atom. The van der Waals surface area contributed by atoms with Gasteiger partial charge in [0.1, 0.15) is 17.4 Å². The molecule has 2 atom stereocenters. The molecule has 1 heterocycles. The molecule has 3 aromatic carbocycles. The second kappa shape index (κ2) is 22.0. The summed E-state index contributed by atoms with van der Waals surface area (Å²) in [6, 6.07) is 21.7. The van der Waals surface area contributed by atoms with Gasteiger partial charge in [-0.3, -0.25) is 9.59 Å². The predicted molar refractivity (Wildman–Crippen MR) is 221 cm³/mol. The highest BCUT2D eigenvalue weighted by Gasteiger charge is 2.30. The lowest BCUT2D eigenvalue weighted by Crippen LogP contribution is -2.45. The molecule has 0 bridgehead atoms. The maximum absolute atomic E-state index is 13.1. The van der Waals surface area contributed by atoms with Crippen molar-refractivity contribution in [3.63, 3.8) is 0 Å². The Balaban J connectivity index is 0.000000265. The van der Waals surface area contributed by atoms with E-state index in [1.54, 1.807) is 19.1 Å². The largest absolute Gasteiger partial charge is 0.493 e. The fourth-order valence-corrected chi connectivity index (χ4v) is 7.89. The molecule has 1 aliphatic heterocycles. The van der Waals surface area contributed by atoms with Gasteiger partial charge in [0.25, 0.3) is 0 Å². The van der Waals surface area contributed by atoms with Crippen LogP contribution in [0.4, 0.5) is 5.69 Å². The topological polar surface area (TPSA) is 145 Å². The number of carbonyl (C=O) groups is 4. The van der Waals surface area contributed by atoms with Crippen LogP contribution in [0.5, 0.6) is 5.75 Å². The summed E-state index contributed by atoms with van der Waals surface area (Å²) in [7, 11) is 0. The van der Waals surface area contributed by atoms with Crippen molar-refractivity contribution >= 4 is 29.4 Å². The molecule has 2 fully saturated rings. The average Bonchev–Trinajstić information content (AvgIpc) is 3.18. The number of carboxylic acids is 2. The highest BCUT2D eigenvalue weighted by atomic mass is 16.5. The zero-order valence-electron chi connectivity index (χ0n) is 34.0. The van der Waals surface area contributed by atoms with Crippen molar-refractivity contribution in [1.82, 2.24) is 10.6 Å². The minimum atomic E-state index is -1.04. The summed E-state index contributed by atoms with van der Waals surface area (Å²) < 4.78 is 5.49. The zero-order chi connectivity index (χ0) is 40.6. The quantitative estimate of drug-likeness (QED) is 0.114. The van der Waals surface area contributed by atoms with Gasteiger partial charge in [0.05, 0.1) is 19.1 Å². The summed E-state index contributed by atoms with van der Waals surface area (Å²) in [4.78, 5) is 50.8. The molecule has 1 saturated carbocycles. The number of anilines is 1. The molecule has 10 heteroatoms. The number of aromatic carboxylic acids is 1. The van der Waals surface area contributed by atoms with Crippen LogP contribution in [0, 0.1) is 23.7 Å². The molecule has 2 amide bonds. The Morgan fingerprint density at radius 1 is 0.804 bits per heavy atom. The maximum Gasteiger partial charge on any atom is 0.339 e. The van der Waals surface area contributed by atoms with Crippen molar-refractivity contribution in [2.45, 2.75) is 111 Å². The van der Waals surface area contributed by atoms with Crippen LogP contribution in [-0.2, 0) is 27.2 Å². The van der Waals surface area contributed by atoms with E-state index in [4.69, 9.17) is 4.74 Å². The molecular weight excluding hydrogens is 707 g/mol. The fourth-order valence-electron chi connectivity index (χ4n) is 7.89. The number of piperidine rings is 1. The first-order valence-corrected chi connectivity index (χ1v) is 20.6. The average molecular weight is 770 g/mol. The minimum Gasteiger partial charge on any atom is -0.493 e. The molecule has 2 aliphatic rings. The number of benzene rings is 3. The van der Waals surface area contributed by atoms with E-state index in [0.29, 0.717) is 36.5 Å². The molecule has 4 N–H and O–H groups in total. The number of para-hydroxylation sites is 1. The van der Waals surface area contributed by atoms with E-state index in [-0.39, 0.29) is 35.8 Å². The normalized spacial score (nSPS) is 17.9. The van der Waals surface area contributed by atoms with Gasteiger partial charge in [0.2, 0.25) is 11.8 Å². The number of ether oxygens (including phenoxy) is 1. The van der Waals surface area contributed by atoms with E-state index in [1.165, 1.54) is 31.0 Å². The van der Waals surface area contributed by atoms with Crippen LogP contribution < -0.4 is 20.3 Å². The summed E-state index contributed by atoms with van der Waals surface area (Å²) in [5.41, 5.74) is 4.14. The molecule has 1 aliphatic carbocycles. The Hall–Kier alpha value is -4.86. The van der Waals surface area contributed by atoms with E-state index in [9.17, 15) is 29.4 Å². The van der Waals surface area contributed by atoms with Gasteiger partial charge in [-0.2, -0.15) is 0 Å². The molecule has 0 spiro atoms. The van der Waals surface area contributed by atoms with Gasteiger partial charge in [0, 0.05) is 31.1 Å². The van der Waals surface area contributed by atoms with Crippen LogP contribution in [0.15, 0.2) is 72.8 Å². The number of hydrogen-bond donors (Lipinski definition) is 4. The van der Waals surface area contributed by atoms with Gasteiger partial charge >= 0.3 is 11.9 Å². The Morgan fingerprint density at radius 3 is 2.07 bits per heavy atom. The molecule has 5 rings (SSSR count).